The molecule has 0 saturated carbocycles. The topological polar surface area (TPSA) is 84.9 Å². The fraction of sp³-hybridized carbons (Fsp3) is 0.222. The van der Waals surface area contributed by atoms with Crippen LogP contribution >= 0.6 is 11.6 Å². The number of anilines is 1. The molecule has 0 heterocycles. The number of hydrogen-bond acceptors (Lipinski definition) is 5. The van der Waals surface area contributed by atoms with Gasteiger partial charge in [-0.3, -0.25) is 4.79 Å². The van der Waals surface area contributed by atoms with Crippen LogP contribution in [0.15, 0.2) is 36.4 Å². The first kappa shape index (κ1) is 18.6. The van der Waals surface area contributed by atoms with Gasteiger partial charge in [-0.1, -0.05) is 17.7 Å². The average molecular weight is 364 g/mol. The summed E-state index contributed by atoms with van der Waals surface area (Å²) in [5.41, 5.74) is 1.19. The molecule has 7 heteroatoms. The largest absolute Gasteiger partial charge is 0.507 e. The number of esters is 1. The molecule has 0 aliphatic carbocycles. The average Bonchev–Trinajstić information content (AvgIpc) is 2.58. The lowest BCUT2D eigenvalue weighted by molar-refractivity contribution is -0.123. The third-order valence-corrected chi connectivity index (χ3v) is 4.01. The number of amides is 1. The Balaban J connectivity index is 2.05. The van der Waals surface area contributed by atoms with Gasteiger partial charge in [-0.05, 0) is 43.7 Å². The van der Waals surface area contributed by atoms with E-state index < -0.39 is 18.0 Å². The van der Waals surface area contributed by atoms with Crippen LogP contribution in [-0.2, 0) is 9.53 Å². The second-order valence-electron chi connectivity index (χ2n) is 5.33. The number of rotatable bonds is 5. The van der Waals surface area contributed by atoms with Crippen LogP contribution in [0.1, 0.15) is 22.8 Å². The molecule has 1 amide bonds. The number of carbonyl (C=O) groups excluding carboxylic acids is 2. The maximum Gasteiger partial charge on any atom is 0.342 e. The molecule has 2 rings (SSSR count). The van der Waals surface area contributed by atoms with Crippen molar-refractivity contribution in [2.75, 3.05) is 12.4 Å². The molecule has 0 saturated heterocycles. The zero-order valence-corrected chi connectivity index (χ0v) is 14.8. The van der Waals surface area contributed by atoms with Crippen LogP contribution in [0.25, 0.3) is 0 Å². The van der Waals surface area contributed by atoms with Crippen molar-refractivity contribution in [3.8, 4) is 11.5 Å². The number of hydrogen-bond donors (Lipinski definition) is 2. The Kier molecular flexibility index (Phi) is 5.88. The highest BCUT2D eigenvalue weighted by atomic mass is 35.5. The first-order chi connectivity index (χ1) is 11.8. The number of carbonyl (C=O) groups is 2. The summed E-state index contributed by atoms with van der Waals surface area (Å²) in [4.78, 5) is 24.3. The van der Waals surface area contributed by atoms with Crippen LogP contribution in [-0.4, -0.2) is 30.2 Å². The molecule has 2 aromatic carbocycles. The quantitative estimate of drug-likeness (QED) is 0.793. The predicted molar refractivity (Wildman–Crippen MR) is 94.4 cm³/mol. The van der Waals surface area contributed by atoms with E-state index in [1.54, 1.807) is 25.1 Å². The van der Waals surface area contributed by atoms with Gasteiger partial charge in [-0.2, -0.15) is 0 Å². The SMILES string of the molecule is COc1ccc(C(=O)O[C@@H](C)C(=O)Nc2cccc(Cl)c2C)c(O)c1. The number of aromatic hydroxyl groups is 1. The van der Waals surface area contributed by atoms with Crippen LogP contribution in [0.4, 0.5) is 5.69 Å². The van der Waals surface area contributed by atoms with E-state index in [9.17, 15) is 14.7 Å². The predicted octanol–water partition coefficient (Wildman–Crippen LogP) is 3.55. The van der Waals surface area contributed by atoms with Crippen molar-refractivity contribution in [3.63, 3.8) is 0 Å². The molecule has 0 aliphatic heterocycles. The van der Waals surface area contributed by atoms with Gasteiger partial charge in [0.05, 0.1) is 7.11 Å². The van der Waals surface area contributed by atoms with Gasteiger partial charge in [0.25, 0.3) is 5.91 Å². The van der Waals surface area contributed by atoms with E-state index in [1.165, 1.54) is 32.2 Å². The van der Waals surface area contributed by atoms with E-state index in [0.29, 0.717) is 22.0 Å². The molecule has 6 nitrogen and oxygen atoms in total. The van der Waals surface area contributed by atoms with Gasteiger partial charge < -0.3 is 19.9 Å². The van der Waals surface area contributed by atoms with Crippen LogP contribution in [0, 0.1) is 6.92 Å². The standard InChI is InChI=1S/C18H18ClNO5/c1-10-14(19)5-4-6-15(10)20-17(22)11(2)25-18(23)13-8-7-12(24-3)9-16(13)21/h4-9,11,21H,1-3H3,(H,20,22)/t11-/m0/s1. The third-order valence-electron chi connectivity index (χ3n) is 3.60. The Hall–Kier alpha value is -2.73. The number of methoxy groups -OCH3 is 1. The lowest BCUT2D eigenvalue weighted by Crippen LogP contribution is -2.30. The second-order valence-corrected chi connectivity index (χ2v) is 5.74. The smallest absolute Gasteiger partial charge is 0.342 e. The maximum absolute atomic E-state index is 12.2. The van der Waals surface area contributed by atoms with Crippen molar-refractivity contribution >= 4 is 29.2 Å². The summed E-state index contributed by atoms with van der Waals surface area (Å²) in [6.07, 6.45) is -1.06. The summed E-state index contributed by atoms with van der Waals surface area (Å²) in [7, 11) is 1.44. The monoisotopic (exact) mass is 363 g/mol. The number of benzene rings is 2. The first-order valence-corrected chi connectivity index (χ1v) is 7.85. The van der Waals surface area contributed by atoms with E-state index in [1.807, 2.05) is 0 Å². The maximum atomic E-state index is 12.2. The van der Waals surface area contributed by atoms with Gasteiger partial charge >= 0.3 is 5.97 Å². The molecular formula is C18H18ClNO5. The number of phenolic OH excluding ortho intramolecular Hbond substituents is 1. The summed E-state index contributed by atoms with van der Waals surface area (Å²) in [5.74, 6) is -1.21. The second kappa shape index (κ2) is 7.90. The highest BCUT2D eigenvalue weighted by molar-refractivity contribution is 6.31. The summed E-state index contributed by atoms with van der Waals surface area (Å²) < 4.78 is 10.1. The fourth-order valence-electron chi connectivity index (χ4n) is 2.07. The minimum atomic E-state index is -1.06. The summed E-state index contributed by atoms with van der Waals surface area (Å²) >= 11 is 6.01. The molecule has 1 atom stereocenters. The van der Waals surface area contributed by atoms with Gasteiger partial charge in [0.15, 0.2) is 6.10 Å². The minimum absolute atomic E-state index is 0.0561. The van der Waals surface area contributed by atoms with Crippen LogP contribution in [0.5, 0.6) is 11.5 Å². The molecule has 0 unspecified atom stereocenters. The van der Waals surface area contributed by atoms with E-state index in [2.05, 4.69) is 5.32 Å². The molecule has 0 aliphatic rings. The Morgan fingerprint density at radius 3 is 2.60 bits per heavy atom. The number of nitrogens with one attached hydrogen (secondary N) is 1. The van der Waals surface area contributed by atoms with E-state index >= 15 is 0 Å². The van der Waals surface area contributed by atoms with Crippen molar-refractivity contribution in [3.05, 3.63) is 52.5 Å². The molecule has 0 fully saturated rings. The minimum Gasteiger partial charge on any atom is -0.507 e. The zero-order chi connectivity index (χ0) is 18.6. The van der Waals surface area contributed by atoms with Gasteiger partial charge in [0, 0.05) is 16.8 Å². The van der Waals surface area contributed by atoms with Gasteiger partial charge in [0.2, 0.25) is 0 Å². The van der Waals surface area contributed by atoms with Crippen LogP contribution < -0.4 is 10.1 Å². The highest BCUT2D eigenvalue weighted by Crippen LogP contribution is 2.25. The summed E-state index contributed by atoms with van der Waals surface area (Å²) in [6, 6.07) is 9.28. The Morgan fingerprint density at radius 2 is 1.96 bits per heavy atom. The van der Waals surface area contributed by atoms with Crippen LogP contribution in [0.2, 0.25) is 5.02 Å². The first-order valence-electron chi connectivity index (χ1n) is 7.47. The summed E-state index contributed by atoms with van der Waals surface area (Å²) in [6.45, 7) is 3.21. The van der Waals surface area contributed by atoms with Crippen molar-refractivity contribution in [2.24, 2.45) is 0 Å². The molecule has 132 valence electrons. The van der Waals surface area contributed by atoms with Gasteiger partial charge in [-0.25, -0.2) is 4.79 Å². The molecule has 0 spiro atoms. The van der Waals surface area contributed by atoms with Crippen molar-refractivity contribution in [2.45, 2.75) is 20.0 Å². The third kappa shape index (κ3) is 4.42. The van der Waals surface area contributed by atoms with E-state index in [-0.39, 0.29) is 11.3 Å². The molecule has 0 radical (unpaired) electrons. The van der Waals surface area contributed by atoms with E-state index in [4.69, 9.17) is 21.1 Å². The number of phenols is 1. The zero-order valence-electron chi connectivity index (χ0n) is 14.0. The lowest BCUT2D eigenvalue weighted by Gasteiger charge is -2.15. The fourth-order valence-corrected chi connectivity index (χ4v) is 2.24. The van der Waals surface area contributed by atoms with Gasteiger partial charge in [-0.15, -0.1) is 0 Å². The Morgan fingerprint density at radius 1 is 1.24 bits per heavy atom. The van der Waals surface area contributed by atoms with Crippen LogP contribution in [0.3, 0.4) is 0 Å². The lowest BCUT2D eigenvalue weighted by atomic mass is 10.2. The van der Waals surface area contributed by atoms with E-state index in [0.717, 1.165) is 0 Å². The molecule has 2 N–H and O–H groups in total. The van der Waals surface area contributed by atoms with Crippen molar-refractivity contribution < 1.29 is 24.2 Å². The Bertz CT molecular complexity index is 806. The van der Waals surface area contributed by atoms with Crippen molar-refractivity contribution in [1.82, 2.24) is 0 Å². The molecule has 0 bridgehead atoms. The molecule has 0 aromatic heterocycles. The molecule has 2 aromatic rings. The Labute approximate surface area is 150 Å². The molecular weight excluding hydrogens is 346 g/mol. The number of halogens is 1. The highest BCUT2D eigenvalue weighted by Gasteiger charge is 2.22. The number of ether oxygens (including phenoxy) is 2. The summed E-state index contributed by atoms with van der Waals surface area (Å²) in [5, 5.41) is 13.0. The van der Waals surface area contributed by atoms with Crippen molar-refractivity contribution in [1.29, 1.82) is 0 Å². The van der Waals surface area contributed by atoms with Gasteiger partial charge in [0.1, 0.15) is 17.1 Å². The normalized spacial score (nSPS) is 11.5. The molecule has 25 heavy (non-hydrogen) atoms.